The Kier molecular flexibility index (Phi) is 9.17. The van der Waals surface area contributed by atoms with Crippen LogP contribution in [-0.4, -0.2) is 82.7 Å². The minimum atomic E-state index is -3.47. The van der Waals surface area contributed by atoms with E-state index in [1.807, 2.05) is 11.8 Å². The lowest BCUT2D eigenvalue weighted by Gasteiger charge is -2.35. The number of guanidine groups is 1. The number of sulfonamides is 1. The molecular formula is C16H25IN8O5S. The summed E-state index contributed by atoms with van der Waals surface area (Å²) in [5.74, 6) is 0.487. The highest BCUT2D eigenvalue weighted by Crippen LogP contribution is 2.13. The molecule has 31 heavy (non-hydrogen) atoms. The molecule has 1 fully saturated rings. The normalized spacial score (nSPS) is 15.5. The van der Waals surface area contributed by atoms with Crippen LogP contribution in [0.5, 0.6) is 0 Å². The van der Waals surface area contributed by atoms with Crippen molar-refractivity contribution in [2.24, 2.45) is 4.99 Å². The molecular weight excluding hydrogens is 543 g/mol. The van der Waals surface area contributed by atoms with Crippen molar-refractivity contribution in [3.05, 3.63) is 40.5 Å². The van der Waals surface area contributed by atoms with Crippen molar-refractivity contribution < 1.29 is 17.9 Å². The Morgan fingerprint density at radius 2 is 2.10 bits per heavy atom. The summed E-state index contributed by atoms with van der Waals surface area (Å²) in [5.41, 5.74) is 0.319. The molecule has 15 heteroatoms. The van der Waals surface area contributed by atoms with E-state index in [2.05, 4.69) is 20.6 Å². The standard InChI is InChI=1S/C16H24N8O5S.HI/c1-2-17-16(18-4-5-22-12-15(11-19-22)24(25)26)21-6-8-23(9-7-21)30(27,28)13-14-3-10-29-20-14;/h3,10-12H,2,4-9,13H2,1H3,(H,17,18);1H. The average molecular weight is 568 g/mol. The lowest BCUT2D eigenvalue weighted by Crippen LogP contribution is -2.54. The van der Waals surface area contributed by atoms with Crippen LogP contribution < -0.4 is 5.32 Å². The highest BCUT2D eigenvalue weighted by atomic mass is 127. The van der Waals surface area contributed by atoms with Crippen LogP contribution in [0.3, 0.4) is 0 Å². The molecule has 1 aliphatic rings. The monoisotopic (exact) mass is 568 g/mol. The van der Waals surface area contributed by atoms with E-state index in [1.165, 1.54) is 33.7 Å². The van der Waals surface area contributed by atoms with E-state index >= 15 is 0 Å². The third kappa shape index (κ3) is 6.86. The molecule has 0 aromatic carbocycles. The van der Waals surface area contributed by atoms with Crippen molar-refractivity contribution in [3.63, 3.8) is 0 Å². The first-order valence-electron chi connectivity index (χ1n) is 9.46. The van der Waals surface area contributed by atoms with Crippen LogP contribution in [-0.2, 0) is 22.3 Å². The van der Waals surface area contributed by atoms with Crippen molar-refractivity contribution in [2.75, 3.05) is 39.3 Å². The van der Waals surface area contributed by atoms with Crippen LogP contribution in [0.2, 0.25) is 0 Å². The molecule has 172 valence electrons. The summed E-state index contributed by atoms with van der Waals surface area (Å²) in [6, 6.07) is 1.54. The Labute approximate surface area is 196 Å². The van der Waals surface area contributed by atoms with Gasteiger partial charge in [0.15, 0.2) is 5.96 Å². The van der Waals surface area contributed by atoms with Gasteiger partial charge < -0.3 is 14.7 Å². The van der Waals surface area contributed by atoms with E-state index in [0.29, 0.717) is 57.5 Å². The van der Waals surface area contributed by atoms with Crippen LogP contribution >= 0.6 is 24.0 Å². The van der Waals surface area contributed by atoms with Gasteiger partial charge in [0.2, 0.25) is 10.0 Å². The number of nitrogens with zero attached hydrogens (tertiary/aromatic N) is 7. The number of halogens is 1. The number of nitro groups is 1. The van der Waals surface area contributed by atoms with E-state index in [4.69, 9.17) is 4.52 Å². The predicted molar refractivity (Wildman–Crippen MR) is 123 cm³/mol. The first-order valence-corrected chi connectivity index (χ1v) is 11.1. The molecule has 0 unspecified atom stereocenters. The summed E-state index contributed by atoms with van der Waals surface area (Å²) in [4.78, 5) is 16.8. The molecule has 2 aromatic rings. The van der Waals surface area contributed by atoms with Crippen molar-refractivity contribution in [3.8, 4) is 0 Å². The molecule has 3 rings (SSSR count). The lowest BCUT2D eigenvalue weighted by atomic mass is 10.4. The van der Waals surface area contributed by atoms with Gasteiger partial charge in [-0.3, -0.25) is 19.8 Å². The number of aromatic nitrogens is 3. The predicted octanol–water partition coefficient (Wildman–Crippen LogP) is 0.510. The maximum absolute atomic E-state index is 12.6. The van der Waals surface area contributed by atoms with Crippen LogP contribution in [0, 0.1) is 10.1 Å². The van der Waals surface area contributed by atoms with E-state index in [1.54, 1.807) is 0 Å². The number of hydrogen-bond donors (Lipinski definition) is 1. The first kappa shape index (κ1) is 25.0. The third-order valence-electron chi connectivity index (χ3n) is 4.51. The molecule has 3 heterocycles. The Balaban J connectivity index is 0.00000341. The van der Waals surface area contributed by atoms with Crippen LogP contribution in [0.25, 0.3) is 0 Å². The highest BCUT2D eigenvalue weighted by Gasteiger charge is 2.29. The molecule has 0 spiro atoms. The summed E-state index contributed by atoms with van der Waals surface area (Å²) >= 11 is 0. The fourth-order valence-corrected chi connectivity index (χ4v) is 4.45. The first-order chi connectivity index (χ1) is 14.4. The summed E-state index contributed by atoms with van der Waals surface area (Å²) < 4.78 is 32.7. The zero-order valence-electron chi connectivity index (χ0n) is 17.0. The zero-order valence-corrected chi connectivity index (χ0v) is 20.1. The number of rotatable bonds is 8. The van der Waals surface area contributed by atoms with Gasteiger partial charge in [0, 0.05) is 38.8 Å². The molecule has 1 aliphatic heterocycles. The van der Waals surface area contributed by atoms with Crippen LogP contribution in [0.15, 0.2) is 34.2 Å². The Morgan fingerprint density at radius 3 is 2.68 bits per heavy atom. The van der Waals surface area contributed by atoms with Gasteiger partial charge in [-0.1, -0.05) is 5.16 Å². The topological polar surface area (TPSA) is 152 Å². The minimum absolute atomic E-state index is 0. The molecule has 0 bridgehead atoms. The number of aliphatic imine (C=N–C) groups is 1. The van der Waals surface area contributed by atoms with E-state index < -0.39 is 14.9 Å². The maximum Gasteiger partial charge on any atom is 0.306 e. The molecule has 0 atom stereocenters. The lowest BCUT2D eigenvalue weighted by molar-refractivity contribution is -0.385. The third-order valence-corrected chi connectivity index (χ3v) is 6.32. The summed E-state index contributed by atoms with van der Waals surface area (Å²) in [7, 11) is -3.47. The van der Waals surface area contributed by atoms with Gasteiger partial charge in [0.05, 0.1) is 23.7 Å². The molecule has 13 nitrogen and oxygen atoms in total. The Bertz CT molecular complexity index is 970. The fraction of sp³-hybridized carbons (Fsp3) is 0.562. The number of nitrogens with one attached hydrogen (secondary N) is 1. The summed E-state index contributed by atoms with van der Waals surface area (Å²) in [6.07, 6.45) is 3.91. The van der Waals surface area contributed by atoms with Gasteiger partial charge in [0.1, 0.15) is 24.4 Å². The van der Waals surface area contributed by atoms with Crippen molar-refractivity contribution in [1.82, 2.24) is 29.5 Å². The van der Waals surface area contributed by atoms with Gasteiger partial charge in [0.25, 0.3) is 0 Å². The minimum Gasteiger partial charge on any atom is -0.364 e. The van der Waals surface area contributed by atoms with Crippen molar-refractivity contribution in [2.45, 2.75) is 19.2 Å². The number of hydrogen-bond acceptors (Lipinski definition) is 8. The fourth-order valence-electron chi connectivity index (χ4n) is 3.02. The largest absolute Gasteiger partial charge is 0.364 e. The average Bonchev–Trinajstić information content (AvgIpc) is 3.39. The molecule has 1 N–H and O–H groups in total. The molecule has 1 saturated heterocycles. The van der Waals surface area contributed by atoms with Gasteiger partial charge in [-0.15, -0.1) is 24.0 Å². The zero-order chi connectivity index (χ0) is 21.6. The maximum atomic E-state index is 12.6. The van der Waals surface area contributed by atoms with Crippen LogP contribution in [0.4, 0.5) is 5.69 Å². The molecule has 2 aromatic heterocycles. The quantitative estimate of drug-likeness (QED) is 0.158. The second kappa shape index (κ2) is 11.4. The molecule has 0 saturated carbocycles. The molecule has 0 radical (unpaired) electrons. The highest BCUT2D eigenvalue weighted by molar-refractivity contribution is 14.0. The molecule has 0 amide bonds. The Morgan fingerprint density at radius 1 is 1.35 bits per heavy atom. The molecule has 0 aliphatic carbocycles. The van der Waals surface area contributed by atoms with E-state index in [9.17, 15) is 18.5 Å². The van der Waals surface area contributed by atoms with Gasteiger partial charge in [-0.05, 0) is 6.92 Å². The smallest absolute Gasteiger partial charge is 0.306 e. The number of piperazine rings is 1. The second-order valence-corrected chi connectivity index (χ2v) is 8.56. The van der Waals surface area contributed by atoms with Gasteiger partial charge >= 0.3 is 5.69 Å². The van der Waals surface area contributed by atoms with E-state index in [0.717, 1.165) is 0 Å². The van der Waals surface area contributed by atoms with Crippen LogP contribution in [0.1, 0.15) is 12.6 Å². The van der Waals surface area contributed by atoms with Gasteiger partial charge in [-0.25, -0.2) is 8.42 Å². The second-order valence-electron chi connectivity index (χ2n) is 6.59. The van der Waals surface area contributed by atoms with E-state index in [-0.39, 0.29) is 35.4 Å². The van der Waals surface area contributed by atoms with Gasteiger partial charge in [-0.2, -0.15) is 9.40 Å². The Hall–Kier alpha value is -2.27. The van der Waals surface area contributed by atoms with Crippen molar-refractivity contribution >= 4 is 45.6 Å². The summed E-state index contributed by atoms with van der Waals surface area (Å²) in [5, 5.41) is 21.5. The summed E-state index contributed by atoms with van der Waals surface area (Å²) in [6.45, 7) is 5.07. The van der Waals surface area contributed by atoms with Crippen molar-refractivity contribution in [1.29, 1.82) is 0 Å². The SMILES string of the molecule is CCNC(=NCCn1cc([N+](=O)[O-])cn1)N1CCN(S(=O)(=O)Cc2ccon2)CC1.I.